The van der Waals surface area contributed by atoms with Crippen molar-refractivity contribution in [2.24, 2.45) is 0 Å². The quantitative estimate of drug-likeness (QED) is 0.792. The molecule has 4 nitrogen and oxygen atoms in total. The number of hydrogen-bond acceptors (Lipinski definition) is 3. The molecule has 2 rings (SSSR count). The molecule has 0 radical (unpaired) electrons. The summed E-state index contributed by atoms with van der Waals surface area (Å²) in [6, 6.07) is 7.75. The molecule has 0 aliphatic heterocycles. The number of pyridine rings is 1. The summed E-state index contributed by atoms with van der Waals surface area (Å²) in [6.45, 7) is 2.40. The highest BCUT2D eigenvalue weighted by Crippen LogP contribution is 2.21. The third-order valence-corrected chi connectivity index (χ3v) is 3.24. The van der Waals surface area contributed by atoms with E-state index in [2.05, 4.69) is 15.6 Å². The zero-order valence-electron chi connectivity index (χ0n) is 12.6. The molecule has 0 aliphatic rings. The first kappa shape index (κ1) is 17.1. The van der Waals surface area contributed by atoms with Gasteiger partial charge < -0.3 is 15.4 Å². The van der Waals surface area contributed by atoms with E-state index in [1.807, 2.05) is 6.07 Å². The number of aromatic nitrogens is 1. The third kappa shape index (κ3) is 5.14. The molecule has 1 aromatic carbocycles. The monoisotopic (exact) mass is 337 g/mol. The molecular weight excluding hydrogens is 320 g/mol. The zero-order chi connectivity index (χ0) is 16.7. The standard InChI is InChI=1S/C16H17F2N3OS/c1-2-22-11-9-13(17)12(14(18)10-11)6-8-20-16(23)21-15-5-3-4-7-19-15/h3-5,7,9-10H,2,6,8H2,1H3,(H2,19,20,21,23). The number of ether oxygens (including phenoxy) is 1. The second kappa shape index (κ2) is 8.38. The van der Waals surface area contributed by atoms with Crippen LogP contribution in [0.15, 0.2) is 36.5 Å². The first-order valence-electron chi connectivity index (χ1n) is 7.16. The van der Waals surface area contributed by atoms with Gasteiger partial charge in [-0.15, -0.1) is 0 Å². The van der Waals surface area contributed by atoms with Crippen molar-refractivity contribution in [3.8, 4) is 5.75 Å². The Morgan fingerprint density at radius 3 is 2.61 bits per heavy atom. The Bertz CT molecular complexity index is 645. The molecule has 2 aromatic rings. The Morgan fingerprint density at radius 1 is 1.26 bits per heavy atom. The minimum absolute atomic E-state index is 0.00147. The summed E-state index contributed by atoms with van der Waals surface area (Å²) in [5, 5.41) is 6.12. The highest BCUT2D eigenvalue weighted by atomic mass is 32.1. The van der Waals surface area contributed by atoms with Crippen LogP contribution in [0.25, 0.3) is 0 Å². The predicted molar refractivity (Wildman–Crippen MR) is 89.7 cm³/mol. The first-order chi connectivity index (χ1) is 11.1. The van der Waals surface area contributed by atoms with Gasteiger partial charge in [-0.05, 0) is 37.7 Å². The van der Waals surface area contributed by atoms with Crippen LogP contribution in [0.3, 0.4) is 0 Å². The number of halogens is 2. The average Bonchev–Trinajstić information content (AvgIpc) is 2.51. The van der Waals surface area contributed by atoms with Crippen LogP contribution in [-0.2, 0) is 6.42 Å². The normalized spacial score (nSPS) is 10.2. The van der Waals surface area contributed by atoms with E-state index in [4.69, 9.17) is 17.0 Å². The van der Waals surface area contributed by atoms with Crippen molar-refractivity contribution in [3.05, 3.63) is 53.7 Å². The van der Waals surface area contributed by atoms with Crippen molar-refractivity contribution < 1.29 is 13.5 Å². The molecule has 2 N–H and O–H groups in total. The predicted octanol–water partition coefficient (Wildman–Crippen LogP) is 3.29. The second-order valence-corrected chi connectivity index (χ2v) is 5.05. The van der Waals surface area contributed by atoms with Gasteiger partial charge in [0.1, 0.15) is 23.2 Å². The van der Waals surface area contributed by atoms with E-state index in [-0.39, 0.29) is 17.7 Å². The average molecular weight is 337 g/mol. The molecule has 0 unspecified atom stereocenters. The smallest absolute Gasteiger partial charge is 0.171 e. The van der Waals surface area contributed by atoms with Crippen LogP contribution in [0.2, 0.25) is 0 Å². The summed E-state index contributed by atoms with van der Waals surface area (Å²) in [5.74, 6) is -0.465. The Labute approximate surface area is 138 Å². The molecule has 0 bridgehead atoms. The van der Waals surface area contributed by atoms with Crippen LogP contribution in [-0.4, -0.2) is 23.2 Å². The van der Waals surface area contributed by atoms with Crippen molar-refractivity contribution in [1.29, 1.82) is 0 Å². The van der Waals surface area contributed by atoms with Gasteiger partial charge in [-0.2, -0.15) is 0 Å². The van der Waals surface area contributed by atoms with Gasteiger partial charge in [-0.3, -0.25) is 0 Å². The van der Waals surface area contributed by atoms with E-state index in [0.29, 0.717) is 24.1 Å². The fourth-order valence-corrected chi connectivity index (χ4v) is 2.17. The number of anilines is 1. The summed E-state index contributed by atoms with van der Waals surface area (Å²) in [7, 11) is 0. The van der Waals surface area contributed by atoms with Gasteiger partial charge in [0.25, 0.3) is 0 Å². The third-order valence-electron chi connectivity index (χ3n) is 2.99. The highest BCUT2D eigenvalue weighted by molar-refractivity contribution is 7.80. The van der Waals surface area contributed by atoms with Crippen molar-refractivity contribution in [2.45, 2.75) is 13.3 Å². The molecule has 7 heteroatoms. The summed E-state index contributed by atoms with van der Waals surface area (Å²) < 4.78 is 32.9. The maximum absolute atomic E-state index is 13.9. The van der Waals surface area contributed by atoms with Gasteiger partial charge in [0.05, 0.1) is 6.61 Å². The van der Waals surface area contributed by atoms with Crippen molar-refractivity contribution in [3.63, 3.8) is 0 Å². The van der Waals surface area contributed by atoms with Gasteiger partial charge in [-0.1, -0.05) is 6.07 Å². The van der Waals surface area contributed by atoms with Crippen LogP contribution in [0.1, 0.15) is 12.5 Å². The van der Waals surface area contributed by atoms with Crippen molar-refractivity contribution in [2.75, 3.05) is 18.5 Å². The summed E-state index contributed by atoms with van der Waals surface area (Å²) in [6.07, 6.45) is 1.80. The van der Waals surface area contributed by atoms with Crippen LogP contribution in [0.5, 0.6) is 5.75 Å². The molecule has 0 saturated heterocycles. The number of nitrogens with one attached hydrogen (secondary N) is 2. The Kier molecular flexibility index (Phi) is 6.22. The lowest BCUT2D eigenvalue weighted by Crippen LogP contribution is -2.30. The molecule has 0 amide bonds. The van der Waals surface area contributed by atoms with Crippen LogP contribution >= 0.6 is 12.2 Å². The van der Waals surface area contributed by atoms with Gasteiger partial charge >= 0.3 is 0 Å². The van der Waals surface area contributed by atoms with E-state index >= 15 is 0 Å². The van der Waals surface area contributed by atoms with E-state index in [1.54, 1.807) is 25.3 Å². The van der Waals surface area contributed by atoms with Gasteiger partial charge in [-0.25, -0.2) is 13.8 Å². The lowest BCUT2D eigenvalue weighted by molar-refractivity contribution is 0.335. The van der Waals surface area contributed by atoms with Crippen LogP contribution < -0.4 is 15.4 Å². The first-order valence-corrected chi connectivity index (χ1v) is 7.57. The molecule has 1 aromatic heterocycles. The second-order valence-electron chi connectivity index (χ2n) is 4.64. The summed E-state index contributed by atoms with van der Waals surface area (Å²) >= 11 is 5.10. The minimum Gasteiger partial charge on any atom is -0.494 e. The van der Waals surface area contributed by atoms with Gasteiger partial charge in [0, 0.05) is 30.4 Å². The molecule has 0 spiro atoms. The molecule has 122 valence electrons. The fraction of sp³-hybridized carbons (Fsp3) is 0.250. The number of hydrogen-bond donors (Lipinski definition) is 2. The maximum Gasteiger partial charge on any atom is 0.171 e. The zero-order valence-corrected chi connectivity index (χ0v) is 13.4. The lowest BCUT2D eigenvalue weighted by Gasteiger charge is -2.11. The highest BCUT2D eigenvalue weighted by Gasteiger charge is 2.12. The maximum atomic E-state index is 13.9. The Hall–Kier alpha value is -2.28. The number of rotatable bonds is 6. The van der Waals surface area contributed by atoms with Crippen molar-refractivity contribution in [1.82, 2.24) is 10.3 Å². The van der Waals surface area contributed by atoms with Crippen LogP contribution in [0.4, 0.5) is 14.6 Å². The molecule has 0 saturated carbocycles. The molecule has 1 heterocycles. The van der Waals surface area contributed by atoms with E-state index < -0.39 is 11.6 Å². The summed E-state index contributed by atoms with van der Waals surface area (Å²) in [5.41, 5.74) is 0.00147. The van der Waals surface area contributed by atoms with E-state index in [1.165, 1.54) is 12.1 Å². The largest absolute Gasteiger partial charge is 0.494 e. The minimum atomic E-state index is -0.626. The molecule has 0 fully saturated rings. The SMILES string of the molecule is CCOc1cc(F)c(CCNC(=S)Nc2ccccn2)c(F)c1. The number of benzene rings is 1. The van der Waals surface area contributed by atoms with Gasteiger partial charge in [0.2, 0.25) is 0 Å². The molecule has 23 heavy (non-hydrogen) atoms. The molecule has 0 aliphatic carbocycles. The van der Waals surface area contributed by atoms with E-state index in [9.17, 15) is 8.78 Å². The van der Waals surface area contributed by atoms with Crippen LogP contribution in [0, 0.1) is 11.6 Å². The van der Waals surface area contributed by atoms with Gasteiger partial charge in [0.15, 0.2) is 5.11 Å². The van der Waals surface area contributed by atoms with E-state index in [0.717, 1.165) is 0 Å². The Morgan fingerprint density at radius 2 is 2.00 bits per heavy atom. The molecular formula is C16H17F2N3OS. The lowest BCUT2D eigenvalue weighted by atomic mass is 10.1. The molecule has 0 atom stereocenters. The van der Waals surface area contributed by atoms with Crippen molar-refractivity contribution >= 4 is 23.1 Å². The Balaban J connectivity index is 1.87. The number of nitrogens with zero attached hydrogens (tertiary/aromatic N) is 1. The topological polar surface area (TPSA) is 46.2 Å². The fourth-order valence-electron chi connectivity index (χ4n) is 1.97. The summed E-state index contributed by atoms with van der Waals surface area (Å²) in [4.78, 5) is 4.07. The number of thiocarbonyl (C=S) groups is 1.